The number of aliphatic carboxylic acids is 4. The van der Waals surface area contributed by atoms with Crippen molar-refractivity contribution < 1.29 is 51.1 Å². The second kappa shape index (κ2) is 21.1. The Bertz CT molecular complexity index is 1270. The fraction of sp³-hybridized carbons (Fsp3) is 0.371. The van der Waals surface area contributed by atoms with Crippen molar-refractivity contribution in [1.82, 2.24) is 0 Å². The topological polar surface area (TPSA) is 213 Å². The first-order valence-electron chi connectivity index (χ1n) is 15.4. The summed E-state index contributed by atoms with van der Waals surface area (Å²) < 4.78 is 0. The van der Waals surface area contributed by atoms with Gasteiger partial charge in [0, 0.05) is 49.0 Å². The van der Waals surface area contributed by atoms with Gasteiger partial charge in [0.15, 0.2) is 0 Å². The molecule has 2 aromatic rings. The Morgan fingerprint density at radius 3 is 1.48 bits per heavy atom. The van der Waals surface area contributed by atoms with Gasteiger partial charge in [0.1, 0.15) is 0 Å². The van der Waals surface area contributed by atoms with E-state index in [2.05, 4.69) is 109 Å². The molecule has 0 spiro atoms. The van der Waals surface area contributed by atoms with Gasteiger partial charge in [0.25, 0.3) is 0 Å². The SMILES string of the molecule is CCN(CC)c1ccc(C(=C2C=CC(CC[NH3+])(CC[NH3+])C=C2)c2ccccc2)cc1.O=C([O-])CCC(=O)O.O=C([O-])CCC(=O)O. The van der Waals surface area contributed by atoms with Crippen molar-refractivity contribution in [3.63, 3.8) is 0 Å². The van der Waals surface area contributed by atoms with Crippen LogP contribution in [0, 0.1) is 5.41 Å². The first-order valence-corrected chi connectivity index (χ1v) is 15.4. The van der Waals surface area contributed by atoms with Crippen molar-refractivity contribution >= 4 is 35.1 Å². The largest absolute Gasteiger partial charge is 0.550 e. The minimum atomic E-state index is -1.33. The zero-order valence-electron chi connectivity index (χ0n) is 26.8. The molecule has 0 bridgehead atoms. The van der Waals surface area contributed by atoms with E-state index >= 15 is 0 Å². The smallest absolute Gasteiger partial charge is 0.303 e. The van der Waals surface area contributed by atoms with Crippen LogP contribution in [-0.4, -0.2) is 60.3 Å². The van der Waals surface area contributed by atoms with E-state index in [-0.39, 0.29) is 18.3 Å². The van der Waals surface area contributed by atoms with Crippen LogP contribution in [0.15, 0.2) is 84.5 Å². The Morgan fingerprint density at radius 2 is 1.13 bits per heavy atom. The Balaban J connectivity index is 0.000000545. The zero-order valence-corrected chi connectivity index (χ0v) is 26.8. The predicted molar refractivity (Wildman–Crippen MR) is 172 cm³/mol. The van der Waals surface area contributed by atoms with E-state index < -0.39 is 36.7 Å². The standard InChI is InChI=1S/C27H35N3.2C4H6O4/c1-3-30(4-2)25-12-10-23(11-13-25)26(22-8-6-5-7-9-22)24-14-16-27(17-15-24,18-20-28)19-21-29;2*5-3(6)1-2-4(7)8/h5-17H,3-4,18-21,28-29H2,1-2H3;2*1-2H2,(H,5,6)(H,7,8). The molecule has 3 rings (SSSR count). The fourth-order valence-electron chi connectivity index (χ4n) is 4.86. The summed E-state index contributed by atoms with van der Waals surface area (Å²) in [6.07, 6.45) is 10.00. The number of nitrogens with zero attached hydrogens (tertiary/aromatic N) is 1. The highest BCUT2D eigenvalue weighted by molar-refractivity contribution is 5.86. The maximum Gasteiger partial charge on any atom is 0.303 e. The molecule has 0 heterocycles. The summed E-state index contributed by atoms with van der Waals surface area (Å²) in [5.41, 5.74) is 14.6. The van der Waals surface area contributed by atoms with Crippen LogP contribution in [0.1, 0.15) is 63.5 Å². The molecule has 11 heteroatoms. The zero-order chi connectivity index (χ0) is 34.5. The predicted octanol–water partition coefficient (Wildman–Crippen LogP) is 0.913. The number of hydrogen-bond donors (Lipinski definition) is 4. The Hall–Kier alpha value is -4.74. The molecule has 0 amide bonds. The molecule has 0 radical (unpaired) electrons. The van der Waals surface area contributed by atoms with Crippen LogP contribution in [0.2, 0.25) is 0 Å². The van der Waals surface area contributed by atoms with E-state index in [4.69, 9.17) is 10.2 Å². The number of carbonyl (C=O) groups excluding carboxylic acids is 2. The average molecular weight is 638 g/mol. The van der Waals surface area contributed by atoms with Crippen molar-refractivity contribution in [2.45, 2.75) is 52.4 Å². The Labute approximate surface area is 270 Å². The van der Waals surface area contributed by atoms with Gasteiger partial charge < -0.3 is 46.4 Å². The van der Waals surface area contributed by atoms with Gasteiger partial charge in [0.2, 0.25) is 0 Å². The molecule has 0 saturated carbocycles. The summed E-state index contributed by atoms with van der Waals surface area (Å²) in [4.78, 5) is 40.7. The van der Waals surface area contributed by atoms with Gasteiger partial charge in [-0.15, -0.1) is 0 Å². The summed E-state index contributed by atoms with van der Waals surface area (Å²) in [6.45, 7) is 8.33. The van der Waals surface area contributed by atoms with Crippen molar-refractivity contribution in [1.29, 1.82) is 0 Å². The number of hydrogen-bond acceptors (Lipinski definition) is 7. The molecule has 0 saturated heterocycles. The third-order valence-corrected chi connectivity index (χ3v) is 7.20. The van der Waals surface area contributed by atoms with Gasteiger partial charge in [-0.3, -0.25) is 9.59 Å². The molecule has 0 atom stereocenters. The van der Waals surface area contributed by atoms with Crippen molar-refractivity contribution in [3.05, 3.63) is 95.6 Å². The van der Waals surface area contributed by atoms with E-state index in [0.29, 0.717) is 0 Å². The molecule has 46 heavy (non-hydrogen) atoms. The van der Waals surface area contributed by atoms with Crippen LogP contribution in [0.4, 0.5) is 5.69 Å². The van der Waals surface area contributed by atoms with Gasteiger partial charge in [-0.2, -0.15) is 0 Å². The van der Waals surface area contributed by atoms with Crippen LogP contribution in [-0.2, 0) is 19.2 Å². The minimum Gasteiger partial charge on any atom is -0.550 e. The van der Waals surface area contributed by atoms with Crippen LogP contribution in [0.3, 0.4) is 0 Å². The number of carboxylic acids is 4. The van der Waals surface area contributed by atoms with Gasteiger partial charge in [0.05, 0.1) is 25.9 Å². The molecule has 0 unspecified atom stereocenters. The second-order valence-electron chi connectivity index (χ2n) is 10.6. The molecule has 250 valence electrons. The molecular weight excluding hydrogens is 590 g/mol. The normalized spacial score (nSPS) is 12.6. The van der Waals surface area contributed by atoms with Crippen molar-refractivity contribution in [2.75, 3.05) is 31.1 Å². The van der Waals surface area contributed by atoms with E-state index in [1.807, 2.05) is 0 Å². The number of quaternary nitrogens is 2. The molecule has 1 aliphatic rings. The highest BCUT2D eigenvalue weighted by Crippen LogP contribution is 2.37. The molecule has 1 aliphatic carbocycles. The first kappa shape index (κ1) is 39.3. The number of anilines is 1. The molecule has 0 aromatic heterocycles. The summed E-state index contributed by atoms with van der Waals surface area (Å²) in [5, 5.41) is 34.8. The Kier molecular flexibility index (Phi) is 18.0. The monoisotopic (exact) mass is 637 g/mol. The number of carbonyl (C=O) groups is 4. The summed E-state index contributed by atoms with van der Waals surface area (Å²) in [5.74, 6) is -4.89. The quantitative estimate of drug-likeness (QED) is 0.218. The van der Waals surface area contributed by atoms with Gasteiger partial charge >= 0.3 is 11.9 Å². The second-order valence-corrected chi connectivity index (χ2v) is 10.6. The van der Waals surface area contributed by atoms with Crippen LogP contribution in [0.25, 0.3) is 5.57 Å². The lowest BCUT2D eigenvalue weighted by atomic mass is 9.76. The van der Waals surface area contributed by atoms with E-state index in [1.165, 1.54) is 28.0 Å². The lowest BCUT2D eigenvalue weighted by Gasteiger charge is -2.28. The fourth-order valence-corrected chi connectivity index (χ4v) is 4.86. The third kappa shape index (κ3) is 14.4. The lowest BCUT2D eigenvalue weighted by molar-refractivity contribution is -0.379. The summed E-state index contributed by atoms with van der Waals surface area (Å²) in [6, 6.07) is 19.7. The number of allylic oxidation sites excluding steroid dienone is 5. The number of benzene rings is 2. The van der Waals surface area contributed by atoms with Crippen molar-refractivity contribution in [3.8, 4) is 0 Å². The molecule has 8 N–H and O–H groups in total. The lowest BCUT2D eigenvalue weighted by Crippen LogP contribution is -2.54. The van der Waals surface area contributed by atoms with E-state index in [9.17, 15) is 29.4 Å². The maximum atomic E-state index is 9.61. The highest BCUT2D eigenvalue weighted by Gasteiger charge is 2.27. The van der Waals surface area contributed by atoms with E-state index in [1.54, 1.807) is 0 Å². The molecule has 0 fully saturated rings. The summed E-state index contributed by atoms with van der Waals surface area (Å²) >= 11 is 0. The van der Waals surface area contributed by atoms with Crippen LogP contribution < -0.4 is 26.6 Å². The van der Waals surface area contributed by atoms with Gasteiger partial charge in [-0.25, -0.2) is 0 Å². The first-order chi connectivity index (χ1) is 21.9. The minimum absolute atomic E-state index is 0.0986. The molecule has 2 aromatic carbocycles. The van der Waals surface area contributed by atoms with Gasteiger partial charge in [-0.05, 0) is 61.1 Å². The summed E-state index contributed by atoms with van der Waals surface area (Å²) in [7, 11) is 0. The molecule has 0 aliphatic heterocycles. The highest BCUT2D eigenvalue weighted by atomic mass is 16.4. The Morgan fingerprint density at radius 1 is 0.696 bits per heavy atom. The third-order valence-electron chi connectivity index (χ3n) is 7.20. The maximum absolute atomic E-state index is 9.61. The van der Waals surface area contributed by atoms with E-state index in [0.717, 1.165) is 39.0 Å². The number of rotatable bonds is 15. The van der Waals surface area contributed by atoms with Gasteiger partial charge in [-0.1, -0.05) is 66.8 Å². The van der Waals surface area contributed by atoms with Crippen LogP contribution in [0.5, 0.6) is 0 Å². The molecular formula is C35H47N3O8. The average Bonchev–Trinajstić information content (AvgIpc) is 3.03. The molecule has 11 nitrogen and oxygen atoms in total. The van der Waals surface area contributed by atoms with Crippen LogP contribution >= 0.6 is 0 Å². The number of carboxylic acid groups (broad SMARTS) is 4. The van der Waals surface area contributed by atoms with Crippen molar-refractivity contribution in [2.24, 2.45) is 5.41 Å².